The van der Waals surface area contributed by atoms with Crippen molar-refractivity contribution in [3.8, 4) is 5.75 Å². The molecule has 3 aliphatic rings. The van der Waals surface area contributed by atoms with Crippen molar-refractivity contribution in [2.24, 2.45) is 23.3 Å². The highest BCUT2D eigenvalue weighted by Crippen LogP contribution is 2.24. The topological polar surface area (TPSA) is 502 Å². The fourth-order valence-electron chi connectivity index (χ4n) is 13.0. The van der Waals surface area contributed by atoms with E-state index in [1.54, 1.807) is 105 Å². The number of hydrogen-bond donors (Lipinski definition) is 16. The number of ether oxygens (including phenoxy) is 2. The molecule has 3 aliphatic heterocycles. The van der Waals surface area contributed by atoms with Gasteiger partial charge in [0.2, 0.25) is 65.0 Å². The number of nitrogens with one attached hydrogen (secondary N) is 9. The Kier molecular flexibility index (Phi) is 31.3. The van der Waals surface area contributed by atoms with Crippen molar-refractivity contribution in [1.29, 1.82) is 0 Å². The predicted molar refractivity (Wildman–Crippen MR) is 389 cm³/mol. The van der Waals surface area contributed by atoms with Crippen LogP contribution in [-0.2, 0) is 101 Å². The molecule has 1 aromatic heterocycles. The number of benzene rings is 4. The molecule has 33 nitrogen and oxygen atoms in total. The predicted octanol–water partition coefficient (Wildman–Crippen LogP) is -2.61. The molecule has 5 aromatic rings. The highest BCUT2D eigenvalue weighted by Gasteiger charge is 2.45. The number of aliphatic hydroxyl groups is 4. The van der Waals surface area contributed by atoms with Gasteiger partial charge in [0.25, 0.3) is 0 Å². The number of carbonyl (C=O) groups excluding carboxylic acids is 11. The van der Waals surface area contributed by atoms with E-state index in [1.165, 1.54) is 40.0 Å². The van der Waals surface area contributed by atoms with Gasteiger partial charge in [-0.15, -0.1) is 5.10 Å². The zero-order valence-corrected chi connectivity index (χ0v) is 60.9. The molecule has 33 heteroatoms. The second-order valence-corrected chi connectivity index (χ2v) is 28.2. The SMILES string of the molecule is CC(C)C[C@@H]1NC(=O)[C@H](CCCN)NC(=O)[C@H](C(C)C)NC(=O)[C@H](Cc2ccc(O)cc2)NC(=O)[C@H](CCC(N)=O)NC(=O)[C@H](Cc2cn(CCO[C@@H]3O[C@H](CO)[C@@H](O)[C@H](O)[C@H]3O)nn2)NC(=O)[C@@H](Cc2ccccc2)NC(=O)[C@H](Cc2ccccc2)NC(=O)[C@@H]2CCCN2C(=O)[C@@H](Cc2ccccc2)NC1=O. The van der Waals surface area contributed by atoms with Crippen molar-refractivity contribution in [2.45, 2.75) is 202 Å². The standard InChI is InChI=1S/C75H101N15O18/c1-42(2)34-52-67(99)85-57(38-46-20-12-7-13-21-46)74(106)90-31-15-23-58(90)72(104)84-54(36-45-18-10-6-11-19-45)69(101)82-53(35-44-16-8-5-9-17-44)68(100)83-56(39-48-40-89(88-87-48)32-33-107-75-64(96)63(95)62(94)59(41-91)108-75)70(102)78-51(28-29-60(77)93)66(98)81-55(37-47-24-26-49(92)27-25-47)71(103)86-61(43(3)4)73(105)79-50(22-14-30-76)65(97)80-52/h5-13,16-21,24-27,40,42-43,50-59,61-64,75,91-92,94-96H,14-15,22-23,28-39,41,76H2,1-4H3,(H2,77,93)(H,78,102)(H,79,105)(H,80,97)(H,81,98)(H,82,101)(H,83,100)(H,84,104)(H,85,99)(H,86,103)/t50-,51-,52-,53+,54-,55-,56-,57+,58-,59+,61-,62+,63-,64+,75+/m0/s1. The summed E-state index contributed by atoms with van der Waals surface area (Å²) in [5, 5.41) is 84.5. The van der Waals surface area contributed by atoms with Crippen molar-refractivity contribution in [3.63, 3.8) is 0 Å². The Morgan fingerprint density at radius 3 is 1.53 bits per heavy atom. The van der Waals surface area contributed by atoms with E-state index in [4.69, 9.17) is 20.9 Å². The minimum absolute atomic E-state index is 0.0251. The molecular formula is C75H101N15O18. The number of rotatable bonds is 24. The summed E-state index contributed by atoms with van der Waals surface area (Å²) in [4.78, 5) is 165. The Hall–Kier alpha value is -10.3. The number of phenols is 1. The second kappa shape index (κ2) is 40.6. The minimum Gasteiger partial charge on any atom is -0.508 e. The molecule has 0 radical (unpaired) electrons. The Balaban J connectivity index is 1.21. The monoisotopic (exact) mass is 1500 g/mol. The number of fused-ring (bicyclic) bond motifs is 1. The number of nitrogens with two attached hydrogens (primary N) is 2. The molecule has 11 amide bonds. The lowest BCUT2D eigenvalue weighted by Crippen LogP contribution is -2.62. The summed E-state index contributed by atoms with van der Waals surface area (Å²) in [7, 11) is 0. The zero-order valence-electron chi connectivity index (χ0n) is 60.9. The molecule has 0 bridgehead atoms. The van der Waals surface area contributed by atoms with Gasteiger partial charge in [0.05, 0.1) is 25.5 Å². The molecule has 584 valence electrons. The Morgan fingerprint density at radius 2 is 1.01 bits per heavy atom. The summed E-state index contributed by atoms with van der Waals surface area (Å²) < 4.78 is 12.4. The smallest absolute Gasteiger partial charge is 0.246 e. The first-order valence-corrected chi connectivity index (χ1v) is 36.4. The largest absolute Gasteiger partial charge is 0.508 e. The van der Waals surface area contributed by atoms with Crippen molar-refractivity contribution in [3.05, 3.63) is 149 Å². The number of hydrogen-bond acceptors (Lipinski definition) is 21. The van der Waals surface area contributed by atoms with Gasteiger partial charge >= 0.3 is 0 Å². The lowest BCUT2D eigenvalue weighted by atomic mass is 9.98. The van der Waals surface area contributed by atoms with E-state index in [0.29, 0.717) is 28.7 Å². The molecule has 4 heterocycles. The Labute approximate surface area is 625 Å². The third-order valence-corrected chi connectivity index (χ3v) is 18.9. The average Bonchev–Trinajstić information content (AvgIpc) is 1.50. The van der Waals surface area contributed by atoms with Crippen molar-refractivity contribution in [2.75, 3.05) is 26.3 Å². The van der Waals surface area contributed by atoms with Gasteiger partial charge < -0.3 is 99.2 Å². The van der Waals surface area contributed by atoms with Crippen LogP contribution >= 0.6 is 0 Å². The zero-order chi connectivity index (χ0) is 78.1. The first-order valence-electron chi connectivity index (χ1n) is 36.4. The van der Waals surface area contributed by atoms with Gasteiger partial charge in [0, 0.05) is 51.3 Å². The minimum atomic E-state index is -1.76. The lowest BCUT2D eigenvalue weighted by Gasteiger charge is -2.39. The number of phenolic OH excluding ortho intramolecular Hbond substituents is 1. The summed E-state index contributed by atoms with van der Waals surface area (Å²) in [6.45, 7) is 5.88. The highest BCUT2D eigenvalue weighted by molar-refractivity contribution is 6.00. The maximum atomic E-state index is 15.4. The van der Waals surface area contributed by atoms with Gasteiger partial charge in [0.15, 0.2) is 6.29 Å². The molecule has 3 saturated heterocycles. The van der Waals surface area contributed by atoms with Crippen molar-refractivity contribution < 1.29 is 87.7 Å². The van der Waals surface area contributed by atoms with Gasteiger partial charge in [-0.05, 0) is 91.3 Å². The molecule has 3 fully saturated rings. The van der Waals surface area contributed by atoms with Gasteiger partial charge in [-0.25, -0.2) is 4.68 Å². The maximum absolute atomic E-state index is 15.4. The van der Waals surface area contributed by atoms with Gasteiger partial charge in [-0.1, -0.05) is 136 Å². The van der Waals surface area contributed by atoms with Crippen LogP contribution in [0.3, 0.4) is 0 Å². The highest BCUT2D eigenvalue weighted by atomic mass is 16.7. The average molecular weight is 1500 g/mol. The normalized spacial score (nSPS) is 26.5. The van der Waals surface area contributed by atoms with Crippen LogP contribution in [0.5, 0.6) is 5.75 Å². The first kappa shape index (κ1) is 83.3. The molecule has 18 N–H and O–H groups in total. The van der Waals surface area contributed by atoms with Crippen molar-refractivity contribution in [1.82, 2.24) is 67.7 Å². The van der Waals surface area contributed by atoms with E-state index in [1.807, 2.05) is 13.8 Å². The second-order valence-electron chi connectivity index (χ2n) is 28.2. The van der Waals surface area contributed by atoms with Crippen LogP contribution in [0.4, 0.5) is 0 Å². The quantitative estimate of drug-likeness (QED) is 0.0301. The number of aliphatic hydroxyl groups excluding tert-OH is 4. The third kappa shape index (κ3) is 24.4. The van der Waals surface area contributed by atoms with E-state index in [-0.39, 0.29) is 95.0 Å². The van der Waals surface area contributed by atoms with Crippen LogP contribution in [0.25, 0.3) is 0 Å². The third-order valence-electron chi connectivity index (χ3n) is 18.9. The first-order chi connectivity index (χ1) is 51.7. The van der Waals surface area contributed by atoms with Crippen LogP contribution in [0.15, 0.2) is 121 Å². The van der Waals surface area contributed by atoms with Crippen LogP contribution in [0.2, 0.25) is 0 Å². The molecular weight excluding hydrogens is 1400 g/mol. The van der Waals surface area contributed by atoms with E-state index in [2.05, 4.69) is 58.2 Å². The van der Waals surface area contributed by atoms with Gasteiger partial charge in [-0.3, -0.25) is 52.7 Å². The Bertz CT molecular complexity index is 3840. The summed E-state index contributed by atoms with van der Waals surface area (Å²) in [6.07, 6.45) is -8.17. The lowest BCUT2D eigenvalue weighted by molar-refractivity contribution is -0.301. The summed E-state index contributed by atoms with van der Waals surface area (Å²) >= 11 is 0. The van der Waals surface area contributed by atoms with Crippen LogP contribution in [-0.4, -0.2) is 228 Å². The van der Waals surface area contributed by atoms with Crippen LogP contribution in [0, 0.1) is 11.8 Å². The summed E-state index contributed by atoms with van der Waals surface area (Å²) in [5.41, 5.74) is 13.8. The number of aromatic hydroxyl groups is 1. The fourth-order valence-corrected chi connectivity index (χ4v) is 13.0. The number of carbonyl (C=O) groups is 11. The van der Waals surface area contributed by atoms with Gasteiger partial charge in [0.1, 0.15) is 90.6 Å². The summed E-state index contributed by atoms with van der Waals surface area (Å²) in [6, 6.07) is 16.7. The number of primary amides is 1. The maximum Gasteiger partial charge on any atom is 0.246 e. The molecule has 8 rings (SSSR count). The molecule has 0 unspecified atom stereocenters. The van der Waals surface area contributed by atoms with E-state index in [9.17, 15) is 49.5 Å². The number of nitrogens with zero attached hydrogens (tertiary/aromatic N) is 4. The van der Waals surface area contributed by atoms with E-state index >= 15 is 28.8 Å². The molecule has 108 heavy (non-hydrogen) atoms. The van der Waals surface area contributed by atoms with E-state index in [0.717, 1.165) is 0 Å². The van der Waals surface area contributed by atoms with Crippen molar-refractivity contribution >= 4 is 65.0 Å². The van der Waals surface area contributed by atoms with Crippen LogP contribution < -0.4 is 59.3 Å². The molecule has 4 aromatic carbocycles. The Morgan fingerprint density at radius 1 is 0.556 bits per heavy atom. The number of amides is 11. The molecule has 0 saturated carbocycles. The molecule has 0 aliphatic carbocycles. The number of aromatic nitrogens is 3. The molecule has 0 spiro atoms. The summed E-state index contributed by atoms with van der Waals surface area (Å²) in [5.74, 6) is -10.8. The van der Waals surface area contributed by atoms with E-state index < -0.39 is 188 Å². The molecule has 15 atom stereocenters. The van der Waals surface area contributed by atoms with Gasteiger partial charge in [-0.2, -0.15) is 0 Å². The fraction of sp³-hybridized carbons (Fsp3) is 0.507. The van der Waals surface area contributed by atoms with Crippen LogP contribution in [0.1, 0.15) is 101 Å².